The monoisotopic (exact) mass is 186 g/mol. The fourth-order valence-corrected chi connectivity index (χ4v) is 0. The molecule has 0 amide bonds. The van der Waals surface area contributed by atoms with Crippen molar-refractivity contribution < 1.29 is 50.3 Å². The van der Waals surface area contributed by atoms with Crippen molar-refractivity contribution in [2.75, 3.05) is 0 Å². The topological polar surface area (TPSA) is 0 Å². The molecule has 0 unspecified atom stereocenters. The predicted molar refractivity (Wildman–Crippen MR) is 11.5 cm³/mol. The quantitative estimate of drug-likeness (QED) is 0.436. The normalized spacial score (nSPS) is 0. The van der Waals surface area contributed by atoms with Crippen LogP contribution in [-0.2, 0) is 50.3 Å². The summed E-state index contributed by atoms with van der Waals surface area (Å²) in [5.41, 5.74) is 0. The van der Waals surface area contributed by atoms with Crippen molar-refractivity contribution in [2.24, 2.45) is 0 Å². The van der Waals surface area contributed by atoms with E-state index >= 15 is 0 Å². The summed E-state index contributed by atoms with van der Waals surface area (Å²) in [5.74, 6) is 0. The number of rotatable bonds is 0. The van der Waals surface area contributed by atoms with Crippen LogP contribution in [-0.4, -0.2) is 37.7 Å². The third kappa shape index (κ3) is 20.3. The van der Waals surface area contributed by atoms with Crippen LogP contribution in [0.5, 0.6) is 0 Å². The second kappa shape index (κ2) is 29.8. The average molecular weight is 186 g/mol. The molecule has 0 aromatic rings. The number of hydrogen-bond acceptors (Lipinski definition) is 0. The molecule has 0 aliphatic heterocycles. The van der Waals surface area contributed by atoms with E-state index in [1.807, 2.05) is 0 Å². The summed E-state index contributed by atoms with van der Waals surface area (Å²) >= 11 is 0. The first-order chi connectivity index (χ1) is 0. The van der Waals surface area contributed by atoms with Crippen LogP contribution < -0.4 is 0 Å². The smallest absolute Gasteiger partial charge is 0 e. The Hall–Kier alpha value is 2.71. The van der Waals surface area contributed by atoms with Crippen LogP contribution in [0.1, 0.15) is 0 Å². The van der Waals surface area contributed by atoms with Gasteiger partial charge in [-0.05, 0) is 0 Å². The minimum Gasteiger partial charge on any atom is 0 e. The van der Waals surface area contributed by atoms with E-state index in [0.717, 1.165) is 0 Å². The van der Waals surface area contributed by atoms with Crippen molar-refractivity contribution in [2.45, 2.75) is 0 Å². The SMILES string of the molecule is [Co].[Li].[Li].[Mn].[Ni]. The van der Waals surface area contributed by atoms with Crippen LogP contribution in [0.15, 0.2) is 0 Å². The van der Waals surface area contributed by atoms with Crippen molar-refractivity contribution in [1.29, 1.82) is 0 Å². The molecule has 4 radical (unpaired) electrons. The molecule has 0 aliphatic rings. The molecule has 28 valence electrons. The van der Waals surface area contributed by atoms with Crippen LogP contribution in [0.4, 0.5) is 0 Å². The van der Waals surface area contributed by atoms with Crippen molar-refractivity contribution in [1.82, 2.24) is 0 Å². The molecule has 0 aromatic heterocycles. The van der Waals surface area contributed by atoms with Crippen molar-refractivity contribution in [3.8, 4) is 0 Å². The minimum absolute atomic E-state index is 0. The molecular formula is CoLi2MnNi. The maximum Gasteiger partial charge on any atom is 0 e. The van der Waals surface area contributed by atoms with Crippen LogP contribution in [0, 0.1) is 0 Å². The summed E-state index contributed by atoms with van der Waals surface area (Å²) in [6.07, 6.45) is 0. The molecule has 0 bridgehead atoms. The van der Waals surface area contributed by atoms with Gasteiger partial charge < -0.3 is 0 Å². The molecule has 0 saturated heterocycles. The molecule has 0 rings (SSSR count). The Morgan fingerprint density at radius 1 is 0.800 bits per heavy atom. The van der Waals surface area contributed by atoms with Crippen molar-refractivity contribution >= 4 is 37.7 Å². The first-order valence-electron chi connectivity index (χ1n) is 0. The van der Waals surface area contributed by atoms with Crippen LogP contribution in [0.3, 0.4) is 0 Å². The Bertz CT molecular complexity index is 9.61. The van der Waals surface area contributed by atoms with E-state index in [2.05, 4.69) is 0 Å². The Labute approximate surface area is 86.9 Å². The van der Waals surface area contributed by atoms with E-state index < -0.39 is 0 Å². The van der Waals surface area contributed by atoms with Gasteiger partial charge in [-0.25, -0.2) is 0 Å². The summed E-state index contributed by atoms with van der Waals surface area (Å²) in [7, 11) is 0. The summed E-state index contributed by atoms with van der Waals surface area (Å²) in [6, 6.07) is 0. The van der Waals surface area contributed by atoms with Crippen LogP contribution >= 0.6 is 0 Å². The largest absolute Gasteiger partial charge is 0 e. The van der Waals surface area contributed by atoms with Crippen molar-refractivity contribution in [3.05, 3.63) is 0 Å². The molecule has 0 aromatic carbocycles. The Morgan fingerprint density at radius 2 is 0.800 bits per heavy atom. The Kier molecular flexibility index (Phi) is 281. The summed E-state index contributed by atoms with van der Waals surface area (Å²) in [4.78, 5) is 0. The molecule has 0 aliphatic carbocycles. The molecule has 0 N–H and O–H groups in total. The average Bonchev–Trinajstić information content (AvgIpc) is 0. The maximum absolute atomic E-state index is 0. The molecule has 5 heavy (non-hydrogen) atoms. The fourth-order valence-electron chi connectivity index (χ4n) is 0. The van der Waals surface area contributed by atoms with E-state index in [-0.39, 0.29) is 88.1 Å². The molecule has 5 heteroatoms. The number of hydrogen-bond donors (Lipinski definition) is 0. The van der Waals surface area contributed by atoms with Gasteiger partial charge in [0.05, 0.1) is 0 Å². The first kappa shape index (κ1) is 47.2. The van der Waals surface area contributed by atoms with Gasteiger partial charge in [0.15, 0.2) is 0 Å². The van der Waals surface area contributed by atoms with Gasteiger partial charge in [-0.15, -0.1) is 0 Å². The maximum atomic E-state index is 0. The van der Waals surface area contributed by atoms with E-state index in [1.54, 1.807) is 0 Å². The standard InChI is InChI=1S/Co.2Li.Mn.Ni. The molecular weight excluding hydrogens is 186 g/mol. The van der Waals surface area contributed by atoms with E-state index in [0.29, 0.717) is 0 Å². The Balaban J connectivity index is 0. The van der Waals surface area contributed by atoms with Gasteiger partial charge >= 0.3 is 0 Å². The zero-order chi connectivity index (χ0) is 0. The van der Waals surface area contributed by atoms with Gasteiger partial charge in [0.25, 0.3) is 0 Å². The molecule has 0 atom stereocenters. The molecule has 0 nitrogen and oxygen atoms in total. The second-order valence-electron chi connectivity index (χ2n) is 0. The summed E-state index contributed by atoms with van der Waals surface area (Å²) in [5, 5.41) is 0. The predicted octanol–water partition coefficient (Wildman–Crippen LogP) is -0.769. The molecule has 0 saturated carbocycles. The van der Waals surface area contributed by atoms with Gasteiger partial charge in [-0.1, -0.05) is 0 Å². The first-order valence-corrected chi connectivity index (χ1v) is 0. The van der Waals surface area contributed by atoms with E-state index in [1.165, 1.54) is 0 Å². The van der Waals surface area contributed by atoms with Crippen molar-refractivity contribution in [3.63, 3.8) is 0 Å². The second-order valence-corrected chi connectivity index (χ2v) is 0. The minimum atomic E-state index is 0. The van der Waals surface area contributed by atoms with E-state index in [9.17, 15) is 0 Å². The van der Waals surface area contributed by atoms with Crippen LogP contribution in [0.2, 0.25) is 0 Å². The third-order valence-corrected chi connectivity index (χ3v) is 0. The summed E-state index contributed by atoms with van der Waals surface area (Å²) in [6.45, 7) is 0. The van der Waals surface area contributed by atoms with Gasteiger partial charge in [0.1, 0.15) is 0 Å². The zero-order valence-electron chi connectivity index (χ0n) is 3.03. The van der Waals surface area contributed by atoms with Gasteiger partial charge in [0.2, 0.25) is 0 Å². The Morgan fingerprint density at radius 3 is 0.800 bits per heavy atom. The van der Waals surface area contributed by atoms with Gasteiger partial charge in [-0.3, -0.25) is 0 Å². The van der Waals surface area contributed by atoms with E-state index in [4.69, 9.17) is 0 Å². The van der Waals surface area contributed by atoms with Gasteiger partial charge in [0, 0.05) is 88.1 Å². The molecule has 0 heterocycles. The molecule has 0 fully saturated rings. The van der Waals surface area contributed by atoms with Crippen LogP contribution in [0.25, 0.3) is 0 Å². The molecule has 0 spiro atoms. The summed E-state index contributed by atoms with van der Waals surface area (Å²) < 4.78 is 0. The van der Waals surface area contributed by atoms with Gasteiger partial charge in [-0.2, -0.15) is 0 Å². The zero-order valence-corrected chi connectivity index (χ0v) is 6.24. The third-order valence-electron chi connectivity index (χ3n) is 0. The fraction of sp³-hybridized carbons (Fsp3) is 0.